The summed E-state index contributed by atoms with van der Waals surface area (Å²) in [5, 5.41) is 0. The van der Waals surface area contributed by atoms with Gasteiger partial charge >= 0.3 is 6.61 Å². The average molecular weight is 476 g/mol. The highest BCUT2D eigenvalue weighted by Crippen LogP contribution is 2.60. The van der Waals surface area contributed by atoms with Gasteiger partial charge < -0.3 is 20.9 Å². The molecule has 1 spiro atoms. The Labute approximate surface area is 199 Å². The largest absolute Gasteiger partial charge is 0.431 e. The molecule has 0 bridgehead atoms. The van der Waals surface area contributed by atoms with Crippen molar-refractivity contribution in [2.24, 2.45) is 28.5 Å². The van der Waals surface area contributed by atoms with Crippen LogP contribution < -0.4 is 16.2 Å². The van der Waals surface area contributed by atoms with Gasteiger partial charge in [-0.3, -0.25) is 9.89 Å². The number of hydrogen-bond donors (Lipinski definition) is 2. The fourth-order valence-electron chi connectivity index (χ4n) is 6.12. The smallest absolute Gasteiger partial charge is 0.387 e. The number of nitrogens with zero attached hydrogens (tertiary/aromatic N) is 3. The topological polar surface area (TPSA) is 99.0 Å². The molecule has 2 saturated heterocycles. The Bertz CT molecular complexity index is 958. The number of halogens is 2. The Morgan fingerprint density at radius 2 is 2.12 bits per heavy atom. The van der Waals surface area contributed by atoms with Crippen molar-refractivity contribution < 1.29 is 18.3 Å². The Kier molecular flexibility index (Phi) is 6.27. The van der Waals surface area contributed by atoms with Gasteiger partial charge in [0, 0.05) is 60.9 Å². The van der Waals surface area contributed by atoms with Crippen LogP contribution in [0.4, 0.5) is 14.6 Å². The molecule has 0 radical (unpaired) electrons. The first-order valence-corrected chi connectivity index (χ1v) is 12.4. The van der Waals surface area contributed by atoms with Crippen molar-refractivity contribution in [3.8, 4) is 5.75 Å². The van der Waals surface area contributed by atoms with Gasteiger partial charge in [-0.05, 0) is 63.0 Å². The summed E-state index contributed by atoms with van der Waals surface area (Å²) in [5.41, 5.74) is 14.1. The molecule has 1 aromatic heterocycles. The molecule has 3 atom stereocenters. The van der Waals surface area contributed by atoms with Crippen LogP contribution in [0, 0.1) is 17.8 Å². The molecule has 0 aromatic carbocycles. The first-order valence-electron chi connectivity index (χ1n) is 12.4. The first-order chi connectivity index (χ1) is 16.3. The molecule has 3 unspecified atom stereocenters. The molecule has 9 heteroatoms. The van der Waals surface area contributed by atoms with Crippen LogP contribution in [-0.2, 0) is 4.74 Å². The van der Waals surface area contributed by atoms with E-state index in [0.717, 1.165) is 31.8 Å². The molecule has 2 aliphatic carbocycles. The van der Waals surface area contributed by atoms with E-state index in [9.17, 15) is 8.78 Å². The van der Waals surface area contributed by atoms with Crippen LogP contribution in [-0.4, -0.2) is 59.6 Å². The molecule has 1 aromatic rings. The van der Waals surface area contributed by atoms with Crippen LogP contribution in [0.2, 0.25) is 0 Å². The van der Waals surface area contributed by atoms with Gasteiger partial charge in [-0.25, -0.2) is 4.98 Å². The van der Waals surface area contributed by atoms with Gasteiger partial charge in [0.1, 0.15) is 0 Å². The van der Waals surface area contributed by atoms with E-state index in [4.69, 9.17) is 21.2 Å². The maximum Gasteiger partial charge on any atom is 0.387 e. The summed E-state index contributed by atoms with van der Waals surface area (Å²) in [6, 6.07) is 2.24. The number of anilines is 1. The predicted molar refractivity (Wildman–Crippen MR) is 128 cm³/mol. The van der Waals surface area contributed by atoms with Crippen molar-refractivity contribution in [1.82, 2.24) is 9.88 Å². The zero-order chi connectivity index (χ0) is 24.0. The van der Waals surface area contributed by atoms with Gasteiger partial charge in [-0.2, -0.15) is 8.78 Å². The third-order valence-electron chi connectivity index (χ3n) is 8.14. The number of allylic oxidation sites excluding steroid dienone is 1. The van der Waals surface area contributed by atoms with Crippen LogP contribution in [0.5, 0.6) is 5.75 Å². The van der Waals surface area contributed by atoms with Crippen LogP contribution in [0.25, 0.3) is 5.70 Å². The highest BCUT2D eigenvalue weighted by molar-refractivity contribution is 6.04. The number of likely N-dealkylation sites (tertiary alicyclic amines) is 1. The summed E-state index contributed by atoms with van der Waals surface area (Å²) < 4.78 is 35.9. The quantitative estimate of drug-likeness (QED) is 0.557. The van der Waals surface area contributed by atoms with Crippen LogP contribution >= 0.6 is 0 Å². The Morgan fingerprint density at radius 1 is 1.38 bits per heavy atom. The fraction of sp³-hybridized carbons (Fsp3) is 0.680. The number of pyridine rings is 1. The number of aliphatic imine (C=N–C) groups is 1. The Morgan fingerprint density at radius 3 is 2.74 bits per heavy atom. The van der Waals surface area contributed by atoms with Crippen molar-refractivity contribution >= 4 is 17.2 Å². The normalized spacial score (nSPS) is 31.6. The van der Waals surface area contributed by atoms with E-state index >= 15 is 0 Å². The van der Waals surface area contributed by atoms with Crippen molar-refractivity contribution in [2.45, 2.75) is 70.2 Å². The van der Waals surface area contributed by atoms with Gasteiger partial charge in [0.15, 0.2) is 11.6 Å². The maximum atomic E-state index is 12.7. The number of ether oxygens (including phenoxy) is 2. The zero-order valence-corrected chi connectivity index (χ0v) is 19.9. The second-order valence-electron chi connectivity index (χ2n) is 10.4. The summed E-state index contributed by atoms with van der Waals surface area (Å²) in [5.74, 6) is 1.39. The molecule has 3 heterocycles. The molecule has 2 aliphatic heterocycles. The minimum Gasteiger partial charge on any atom is -0.431 e. The van der Waals surface area contributed by atoms with Crippen LogP contribution in [0.1, 0.15) is 51.5 Å². The molecule has 2 saturated carbocycles. The summed E-state index contributed by atoms with van der Waals surface area (Å²) in [4.78, 5) is 11.6. The van der Waals surface area contributed by atoms with E-state index in [1.165, 1.54) is 37.9 Å². The van der Waals surface area contributed by atoms with Gasteiger partial charge in [0.05, 0.1) is 5.60 Å². The van der Waals surface area contributed by atoms with E-state index in [1.807, 2.05) is 6.08 Å². The van der Waals surface area contributed by atoms with E-state index < -0.39 is 6.61 Å². The summed E-state index contributed by atoms with van der Waals surface area (Å²) >= 11 is 0. The molecule has 4 aliphatic rings. The van der Waals surface area contributed by atoms with Crippen molar-refractivity contribution in [2.75, 3.05) is 25.4 Å². The second-order valence-corrected chi connectivity index (χ2v) is 10.4. The highest BCUT2D eigenvalue weighted by Gasteiger charge is 2.60. The lowest BCUT2D eigenvalue weighted by Crippen LogP contribution is -2.64. The minimum absolute atomic E-state index is 0.0936. The van der Waals surface area contributed by atoms with Crippen LogP contribution in [0.3, 0.4) is 0 Å². The molecular weight excluding hydrogens is 440 g/mol. The zero-order valence-electron chi connectivity index (χ0n) is 19.9. The lowest BCUT2D eigenvalue weighted by molar-refractivity contribution is -0.127. The number of alkyl halides is 2. The van der Waals surface area contributed by atoms with Gasteiger partial charge in [0.25, 0.3) is 0 Å². The first kappa shape index (κ1) is 23.5. The van der Waals surface area contributed by atoms with Crippen molar-refractivity contribution in [3.63, 3.8) is 0 Å². The SMILES string of the molecule is CCC(C)N=C(C=C(N)c1cnc(N)c(OC(F)F)c1)C1C2CC(N3CC4(CCCO4)C3)CC21. The number of hydrogen-bond acceptors (Lipinski definition) is 7. The molecule has 34 heavy (non-hydrogen) atoms. The third-order valence-corrected chi connectivity index (χ3v) is 8.14. The molecule has 186 valence electrons. The number of nitrogen functional groups attached to an aromatic ring is 1. The summed E-state index contributed by atoms with van der Waals surface area (Å²) in [6.45, 7) is 4.31. The average Bonchev–Trinajstić information content (AvgIpc) is 3.12. The van der Waals surface area contributed by atoms with E-state index in [2.05, 4.69) is 28.5 Å². The number of fused-ring (bicyclic) bond motifs is 1. The van der Waals surface area contributed by atoms with Crippen LogP contribution in [0.15, 0.2) is 23.3 Å². The number of rotatable bonds is 8. The fourth-order valence-corrected chi connectivity index (χ4v) is 6.12. The maximum absolute atomic E-state index is 12.7. The third kappa shape index (κ3) is 4.52. The van der Waals surface area contributed by atoms with Gasteiger partial charge in [-0.1, -0.05) is 6.92 Å². The van der Waals surface area contributed by atoms with E-state index in [1.54, 1.807) is 0 Å². The summed E-state index contributed by atoms with van der Waals surface area (Å²) in [7, 11) is 0. The Hall–Kier alpha value is -2.26. The molecule has 5 rings (SSSR count). The number of aromatic nitrogens is 1. The van der Waals surface area contributed by atoms with E-state index in [-0.39, 0.29) is 23.2 Å². The minimum atomic E-state index is -2.98. The monoisotopic (exact) mass is 475 g/mol. The van der Waals surface area contributed by atoms with Crippen molar-refractivity contribution in [3.05, 3.63) is 23.9 Å². The lowest BCUT2D eigenvalue weighted by Gasteiger charge is -2.50. The molecular formula is C25H35F2N5O2. The molecule has 4 fully saturated rings. The lowest BCUT2D eigenvalue weighted by atomic mass is 9.87. The standard InChI is InChI=1S/C25H35F2N5O2/c1-3-14(2)31-20(10-19(28)15-7-21(34-24(26)27)23(29)30-11-15)22-17-8-16(9-18(17)22)32-12-25(13-32)5-4-6-33-25/h7,10-11,14,16-18,22,24H,3-6,8-9,12-13,28H2,1-2H3,(H2,29,30). The molecule has 7 nitrogen and oxygen atoms in total. The second kappa shape index (κ2) is 9.07. The number of nitrogens with two attached hydrogens (primary N) is 2. The van der Waals surface area contributed by atoms with Gasteiger partial charge in [0.2, 0.25) is 0 Å². The molecule has 4 N–H and O–H groups in total. The van der Waals surface area contributed by atoms with E-state index in [0.29, 0.717) is 35.1 Å². The highest BCUT2D eigenvalue weighted by atomic mass is 19.3. The van der Waals surface area contributed by atoms with Crippen molar-refractivity contribution in [1.29, 1.82) is 0 Å². The predicted octanol–water partition coefficient (Wildman–Crippen LogP) is 3.69. The van der Waals surface area contributed by atoms with Gasteiger partial charge in [-0.15, -0.1) is 0 Å². The summed E-state index contributed by atoms with van der Waals surface area (Å²) in [6.07, 6.45) is 9.08. The Balaban J connectivity index is 1.28. The molecule has 0 amide bonds.